The lowest BCUT2D eigenvalue weighted by Gasteiger charge is -2.34. The molecule has 4 heterocycles. The first-order valence-corrected chi connectivity index (χ1v) is 17.7. The molecule has 10 nitrogen and oxygen atoms in total. The van der Waals surface area contributed by atoms with E-state index in [1.54, 1.807) is 9.80 Å². The van der Waals surface area contributed by atoms with E-state index in [9.17, 15) is 23.5 Å². The van der Waals surface area contributed by atoms with Crippen LogP contribution >= 0.6 is 0 Å². The zero-order chi connectivity index (χ0) is 35.4. The van der Waals surface area contributed by atoms with E-state index >= 15 is 8.78 Å². The second-order valence-corrected chi connectivity index (χ2v) is 15.3. The summed E-state index contributed by atoms with van der Waals surface area (Å²) in [6.45, 7) is 5.01. The molecule has 50 heavy (non-hydrogen) atoms. The third-order valence-electron chi connectivity index (χ3n) is 11.7. The lowest BCUT2D eigenvalue weighted by atomic mass is 9.76. The second-order valence-electron chi connectivity index (χ2n) is 15.3. The van der Waals surface area contributed by atoms with Crippen LogP contribution in [0.4, 0.5) is 29.2 Å². The van der Waals surface area contributed by atoms with Gasteiger partial charge in [-0.05, 0) is 92.9 Å². The fourth-order valence-corrected chi connectivity index (χ4v) is 9.37. The van der Waals surface area contributed by atoms with Crippen molar-refractivity contribution in [3.63, 3.8) is 0 Å². The number of rotatable bonds is 9. The van der Waals surface area contributed by atoms with Gasteiger partial charge in [0.05, 0.1) is 12.1 Å². The fourth-order valence-electron chi connectivity index (χ4n) is 9.37. The van der Waals surface area contributed by atoms with Crippen LogP contribution in [0.5, 0.6) is 5.75 Å². The molecular weight excluding hydrogens is 658 g/mol. The van der Waals surface area contributed by atoms with Crippen LogP contribution in [-0.4, -0.2) is 89.3 Å². The second kappa shape index (κ2) is 13.2. The SMILES string of the molecule is CC1CC2CC(C1)C(NC(=O)c1cnc(N3CC4(CCOCC4)c4cc(OC5CCN(CC(F)F)CC5)ccc43)nc1C(C)(F)F)(C(=O)O)C2. The van der Waals surface area contributed by atoms with E-state index < -0.39 is 41.0 Å². The average Bonchev–Trinajstić information content (AvgIpc) is 3.51. The number of nitrogens with one attached hydrogen (secondary N) is 1. The van der Waals surface area contributed by atoms with Crippen LogP contribution in [0, 0.1) is 17.8 Å². The van der Waals surface area contributed by atoms with Gasteiger partial charge in [0, 0.05) is 57.1 Å². The molecule has 2 bridgehead atoms. The van der Waals surface area contributed by atoms with E-state index in [4.69, 9.17) is 9.47 Å². The van der Waals surface area contributed by atoms with E-state index in [2.05, 4.69) is 22.2 Å². The molecule has 4 atom stereocenters. The normalized spacial score (nSPS) is 28.2. The number of carboxylic acid groups (broad SMARTS) is 1. The van der Waals surface area contributed by atoms with Crippen LogP contribution in [0.3, 0.4) is 0 Å². The molecule has 2 saturated heterocycles. The summed E-state index contributed by atoms with van der Waals surface area (Å²) in [5.41, 5.74) is -1.41. The lowest BCUT2D eigenvalue weighted by molar-refractivity contribution is -0.146. The lowest BCUT2D eigenvalue weighted by Crippen LogP contribution is -2.57. The molecule has 3 aliphatic heterocycles. The molecule has 14 heteroatoms. The molecule has 1 aromatic heterocycles. The molecule has 2 aliphatic carbocycles. The van der Waals surface area contributed by atoms with Gasteiger partial charge in [-0.25, -0.2) is 23.5 Å². The first-order chi connectivity index (χ1) is 23.8. The first kappa shape index (κ1) is 34.9. The van der Waals surface area contributed by atoms with Gasteiger partial charge in [-0.3, -0.25) is 9.69 Å². The van der Waals surface area contributed by atoms with Crippen molar-refractivity contribution in [1.29, 1.82) is 0 Å². The Balaban J connectivity index is 1.16. The van der Waals surface area contributed by atoms with Gasteiger partial charge < -0.3 is 24.8 Å². The summed E-state index contributed by atoms with van der Waals surface area (Å²) in [6, 6.07) is 5.66. The van der Waals surface area contributed by atoms with Gasteiger partial charge in [0.15, 0.2) is 0 Å². The molecule has 4 fully saturated rings. The number of carbonyl (C=O) groups is 2. The number of ether oxygens (including phenoxy) is 2. The van der Waals surface area contributed by atoms with Gasteiger partial charge in [0.2, 0.25) is 5.95 Å². The summed E-state index contributed by atoms with van der Waals surface area (Å²) >= 11 is 0. The van der Waals surface area contributed by atoms with E-state index in [-0.39, 0.29) is 42.3 Å². The first-order valence-electron chi connectivity index (χ1n) is 17.7. The number of carboxylic acids is 1. The molecule has 4 unspecified atom stereocenters. The average molecular weight is 704 g/mol. The monoisotopic (exact) mass is 703 g/mol. The van der Waals surface area contributed by atoms with Gasteiger partial charge in [0.1, 0.15) is 23.1 Å². The summed E-state index contributed by atoms with van der Waals surface area (Å²) < 4.78 is 68.3. The Labute approximate surface area is 288 Å². The number of fused-ring (bicyclic) bond motifs is 4. The van der Waals surface area contributed by atoms with Gasteiger partial charge in [-0.2, -0.15) is 8.78 Å². The molecule has 272 valence electrons. The topological polar surface area (TPSA) is 117 Å². The minimum Gasteiger partial charge on any atom is -0.490 e. The molecule has 2 saturated carbocycles. The highest BCUT2D eigenvalue weighted by Crippen LogP contribution is 2.52. The number of nitrogens with zero attached hydrogens (tertiary/aromatic N) is 4. The maximum absolute atomic E-state index is 15.3. The van der Waals surface area contributed by atoms with Crippen molar-refractivity contribution in [2.75, 3.05) is 44.3 Å². The van der Waals surface area contributed by atoms with Crippen LogP contribution in [0.2, 0.25) is 0 Å². The predicted molar refractivity (Wildman–Crippen MR) is 175 cm³/mol. The number of alkyl halides is 4. The van der Waals surface area contributed by atoms with Crippen molar-refractivity contribution in [1.82, 2.24) is 20.2 Å². The van der Waals surface area contributed by atoms with Crippen molar-refractivity contribution in [2.45, 2.75) is 94.6 Å². The predicted octanol–water partition coefficient (Wildman–Crippen LogP) is 5.91. The molecule has 2 aromatic rings. The van der Waals surface area contributed by atoms with Crippen LogP contribution in [0.15, 0.2) is 24.4 Å². The van der Waals surface area contributed by atoms with Crippen LogP contribution in [0.25, 0.3) is 0 Å². The molecule has 2 N–H and O–H groups in total. The smallest absolute Gasteiger partial charge is 0.329 e. The molecule has 0 radical (unpaired) electrons. The van der Waals surface area contributed by atoms with E-state index in [0.717, 1.165) is 23.9 Å². The number of halogens is 4. The van der Waals surface area contributed by atoms with Crippen molar-refractivity contribution in [3.05, 3.63) is 41.2 Å². The Morgan fingerprint density at radius 1 is 1.16 bits per heavy atom. The molecule has 1 spiro atoms. The Morgan fingerprint density at radius 2 is 1.90 bits per heavy atom. The molecular formula is C36H45F4N5O5. The van der Waals surface area contributed by atoms with Crippen molar-refractivity contribution >= 4 is 23.5 Å². The minimum atomic E-state index is -3.53. The highest BCUT2D eigenvalue weighted by molar-refractivity contribution is 5.99. The summed E-state index contributed by atoms with van der Waals surface area (Å²) in [4.78, 5) is 38.7. The number of carbonyl (C=O) groups excluding carboxylic acids is 1. The van der Waals surface area contributed by atoms with Crippen molar-refractivity contribution in [2.24, 2.45) is 17.8 Å². The van der Waals surface area contributed by atoms with Crippen molar-refractivity contribution in [3.8, 4) is 5.75 Å². The van der Waals surface area contributed by atoms with Gasteiger partial charge in [-0.1, -0.05) is 6.92 Å². The molecule has 5 aliphatic rings. The standard InChI is InChI=1S/C36H45F4N5O5/c1-21-13-22-15-23(14-21)36(17-22,32(47)48)43-31(46)26-18-41-33(42-30(26)34(2,39)40)45-20-35(7-11-49-12-8-35)27-16-25(3-4-28(27)45)50-24-5-9-44(10-6-24)19-29(37)38/h3-4,16,18,21-24,29H,5-15,17,19-20H2,1-2H3,(H,43,46)(H,47,48). The van der Waals surface area contributed by atoms with E-state index in [1.807, 2.05) is 18.2 Å². The Morgan fingerprint density at radius 3 is 2.58 bits per heavy atom. The third-order valence-corrected chi connectivity index (χ3v) is 11.7. The maximum Gasteiger partial charge on any atom is 0.329 e. The molecule has 7 rings (SSSR count). The van der Waals surface area contributed by atoms with Gasteiger partial charge in [-0.15, -0.1) is 0 Å². The highest BCUT2D eigenvalue weighted by atomic mass is 19.3. The zero-order valence-electron chi connectivity index (χ0n) is 28.5. The number of hydrogen-bond acceptors (Lipinski definition) is 8. The largest absolute Gasteiger partial charge is 0.490 e. The van der Waals surface area contributed by atoms with Crippen LogP contribution < -0.4 is 15.0 Å². The maximum atomic E-state index is 15.3. The van der Waals surface area contributed by atoms with E-state index in [0.29, 0.717) is 90.0 Å². The van der Waals surface area contributed by atoms with E-state index in [1.165, 1.54) is 0 Å². The fraction of sp³-hybridized carbons (Fsp3) is 0.667. The van der Waals surface area contributed by atoms with Crippen molar-refractivity contribution < 1.29 is 41.7 Å². The third kappa shape index (κ3) is 6.53. The van der Waals surface area contributed by atoms with Gasteiger partial charge in [0.25, 0.3) is 18.3 Å². The summed E-state index contributed by atoms with van der Waals surface area (Å²) in [6.07, 6.45) is 3.69. The quantitative estimate of drug-likeness (QED) is 0.308. The van der Waals surface area contributed by atoms with Crippen LogP contribution in [0.1, 0.15) is 86.8 Å². The number of piperidine rings is 1. The molecule has 1 amide bonds. The van der Waals surface area contributed by atoms with Gasteiger partial charge >= 0.3 is 5.97 Å². The Bertz CT molecular complexity index is 1610. The minimum absolute atomic E-state index is 0.0151. The Hall–Kier alpha value is -3.52. The number of aromatic nitrogens is 2. The summed E-state index contributed by atoms with van der Waals surface area (Å²) in [5.74, 6) is -4.74. The number of hydrogen-bond donors (Lipinski definition) is 2. The number of aliphatic carboxylic acids is 1. The van der Waals surface area contributed by atoms with Crippen LogP contribution in [-0.2, 0) is 20.9 Å². The number of benzene rings is 1. The summed E-state index contributed by atoms with van der Waals surface area (Å²) in [7, 11) is 0. The number of amides is 1. The summed E-state index contributed by atoms with van der Waals surface area (Å²) in [5, 5.41) is 13.0. The molecule has 1 aromatic carbocycles. The zero-order valence-corrected chi connectivity index (χ0v) is 28.5. The number of anilines is 2. The highest BCUT2D eigenvalue weighted by Gasteiger charge is 2.56. The Kier molecular flexibility index (Phi) is 9.23. The number of likely N-dealkylation sites (tertiary alicyclic amines) is 1.